The number of methoxy groups -OCH3 is 2. The van der Waals surface area contributed by atoms with Crippen molar-refractivity contribution in [2.24, 2.45) is 0 Å². The van der Waals surface area contributed by atoms with Gasteiger partial charge in [-0.15, -0.1) is 0 Å². The van der Waals surface area contributed by atoms with Crippen LogP contribution in [0.2, 0.25) is 5.02 Å². The van der Waals surface area contributed by atoms with E-state index in [4.69, 9.17) is 21.1 Å². The van der Waals surface area contributed by atoms with Crippen LogP contribution in [0.3, 0.4) is 0 Å². The molecule has 1 heterocycles. The summed E-state index contributed by atoms with van der Waals surface area (Å²) in [4.78, 5) is 2.25. The number of benzene rings is 1. The van der Waals surface area contributed by atoms with Crippen LogP contribution in [-0.4, -0.2) is 46.6 Å². The van der Waals surface area contributed by atoms with Gasteiger partial charge in [0.05, 0.1) is 10.7 Å². The number of para-hydroxylation sites is 1. The second-order valence-electron chi connectivity index (χ2n) is 4.73. The molecule has 5 heteroatoms. The molecule has 0 aliphatic carbocycles. The molecule has 2 atom stereocenters. The van der Waals surface area contributed by atoms with Crippen molar-refractivity contribution in [3.05, 3.63) is 28.8 Å². The summed E-state index contributed by atoms with van der Waals surface area (Å²) in [6.45, 7) is 2.40. The van der Waals surface area contributed by atoms with Gasteiger partial charge in [-0.3, -0.25) is 0 Å². The third-order valence-electron chi connectivity index (χ3n) is 3.57. The Kier molecular flexibility index (Phi) is 5.05. The Labute approximate surface area is 119 Å². The van der Waals surface area contributed by atoms with Crippen molar-refractivity contribution in [2.45, 2.75) is 18.8 Å². The lowest BCUT2D eigenvalue weighted by molar-refractivity contribution is -0.00461. The van der Waals surface area contributed by atoms with E-state index in [1.165, 1.54) is 5.56 Å². The number of halogens is 1. The Balaban J connectivity index is 2.27. The first-order valence-electron chi connectivity index (χ1n) is 6.43. The van der Waals surface area contributed by atoms with Gasteiger partial charge in [0.1, 0.15) is 12.2 Å². The third-order valence-corrected chi connectivity index (χ3v) is 3.88. The van der Waals surface area contributed by atoms with Gasteiger partial charge in [-0.2, -0.15) is 0 Å². The molecule has 2 rings (SSSR count). The van der Waals surface area contributed by atoms with Crippen LogP contribution in [0.15, 0.2) is 18.2 Å². The fourth-order valence-electron chi connectivity index (χ4n) is 2.63. The summed E-state index contributed by atoms with van der Waals surface area (Å²) in [5, 5.41) is 3.95. The minimum absolute atomic E-state index is 0.0868. The van der Waals surface area contributed by atoms with Gasteiger partial charge in [-0.25, -0.2) is 0 Å². The van der Waals surface area contributed by atoms with Gasteiger partial charge >= 0.3 is 0 Å². The number of nitrogens with one attached hydrogen (secondary N) is 1. The van der Waals surface area contributed by atoms with Crippen LogP contribution in [0, 0.1) is 0 Å². The molecular weight excluding hydrogens is 264 g/mol. The minimum atomic E-state index is 0.0868. The Hall–Kier alpha value is -0.810. The van der Waals surface area contributed by atoms with Crippen LogP contribution in [0.1, 0.15) is 5.56 Å². The molecule has 0 radical (unpaired) electrons. The maximum atomic E-state index is 6.38. The minimum Gasteiger partial charge on any atom is -0.377 e. The molecule has 106 valence electrons. The molecule has 0 bridgehead atoms. The summed E-state index contributed by atoms with van der Waals surface area (Å²) in [5.74, 6) is 0. The van der Waals surface area contributed by atoms with Crippen molar-refractivity contribution >= 4 is 17.3 Å². The van der Waals surface area contributed by atoms with Crippen LogP contribution < -0.4 is 10.2 Å². The van der Waals surface area contributed by atoms with Gasteiger partial charge in [0.15, 0.2) is 0 Å². The number of hydrogen-bond acceptors (Lipinski definition) is 4. The van der Waals surface area contributed by atoms with Gasteiger partial charge in [0.25, 0.3) is 0 Å². The SMILES string of the molecule is CNCc1cccc(Cl)c1N1CC(OC)C(OC)C1. The van der Waals surface area contributed by atoms with Crippen LogP contribution in [-0.2, 0) is 16.0 Å². The highest BCUT2D eigenvalue weighted by Gasteiger charge is 2.34. The maximum absolute atomic E-state index is 6.38. The second-order valence-corrected chi connectivity index (χ2v) is 5.14. The molecule has 0 amide bonds. The molecule has 1 aromatic carbocycles. The van der Waals surface area contributed by atoms with Crippen LogP contribution in [0.4, 0.5) is 5.69 Å². The van der Waals surface area contributed by atoms with Gasteiger partial charge in [-0.05, 0) is 18.7 Å². The van der Waals surface area contributed by atoms with E-state index >= 15 is 0 Å². The zero-order chi connectivity index (χ0) is 13.8. The van der Waals surface area contributed by atoms with Crippen LogP contribution in [0.25, 0.3) is 0 Å². The van der Waals surface area contributed by atoms with Gasteiger partial charge in [-0.1, -0.05) is 23.7 Å². The largest absolute Gasteiger partial charge is 0.377 e. The van der Waals surface area contributed by atoms with Gasteiger partial charge < -0.3 is 19.7 Å². The molecule has 0 aromatic heterocycles. The number of hydrogen-bond donors (Lipinski definition) is 1. The molecule has 1 saturated heterocycles. The topological polar surface area (TPSA) is 33.7 Å². The Morgan fingerprint density at radius 2 is 1.89 bits per heavy atom. The van der Waals surface area contributed by atoms with Crippen molar-refractivity contribution in [3.63, 3.8) is 0 Å². The quantitative estimate of drug-likeness (QED) is 0.896. The predicted octanol–water partition coefficient (Wildman–Crippen LogP) is 1.91. The summed E-state index contributed by atoms with van der Waals surface area (Å²) in [7, 11) is 5.38. The smallest absolute Gasteiger partial charge is 0.102 e. The fourth-order valence-corrected chi connectivity index (χ4v) is 2.94. The van der Waals surface area contributed by atoms with E-state index in [2.05, 4.69) is 16.3 Å². The summed E-state index contributed by atoms with van der Waals surface area (Å²) in [6, 6.07) is 6.01. The number of rotatable bonds is 5. The molecule has 1 N–H and O–H groups in total. The molecule has 4 nitrogen and oxygen atoms in total. The van der Waals surface area contributed by atoms with E-state index in [0.717, 1.165) is 30.3 Å². The van der Waals surface area contributed by atoms with Crippen LogP contribution >= 0.6 is 11.6 Å². The van der Waals surface area contributed by atoms with Crippen molar-refractivity contribution in [2.75, 3.05) is 39.3 Å². The standard InChI is InChI=1S/C14H21ClN2O2/c1-16-7-10-5-4-6-11(15)14(10)17-8-12(18-2)13(9-17)19-3/h4-6,12-13,16H,7-9H2,1-3H3. The van der Waals surface area contributed by atoms with Gasteiger partial charge in [0.2, 0.25) is 0 Å². The van der Waals surface area contributed by atoms with E-state index in [1.54, 1.807) is 14.2 Å². The Bertz CT molecular complexity index is 416. The number of nitrogens with zero attached hydrogens (tertiary/aromatic N) is 1. The summed E-state index contributed by atoms with van der Waals surface area (Å²) in [6.07, 6.45) is 0.174. The van der Waals surface area contributed by atoms with Crippen molar-refractivity contribution in [1.82, 2.24) is 5.32 Å². The number of ether oxygens (including phenoxy) is 2. The fraction of sp³-hybridized carbons (Fsp3) is 0.571. The van der Waals surface area contributed by atoms with Crippen molar-refractivity contribution in [3.8, 4) is 0 Å². The van der Waals surface area contributed by atoms with E-state index in [0.29, 0.717) is 0 Å². The lowest BCUT2D eigenvalue weighted by atomic mass is 10.1. The first-order chi connectivity index (χ1) is 9.21. The number of anilines is 1. The maximum Gasteiger partial charge on any atom is 0.102 e. The van der Waals surface area contributed by atoms with E-state index < -0.39 is 0 Å². The third kappa shape index (κ3) is 3.03. The summed E-state index contributed by atoms with van der Waals surface area (Å²) in [5.41, 5.74) is 2.28. The first kappa shape index (κ1) is 14.6. The molecule has 2 unspecified atom stereocenters. The molecule has 1 aromatic rings. The first-order valence-corrected chi connectivity index (χ1v) is 6.81. The monoisotopic (exact) mass is 284 g/mol. The zero-order valence-electron chi connectivity index (χ0n) is 11.6. The molecule has 0 saturated carbocycles. The molecule has 0 spiro atoms. The van der Waals surface area contributed by atoms with Crippen molar-refractivity contribution < 1.29 is 9.47 Å². The zero-order valence-corrected chi connectivity index (χ0v) is 12.4. The second kappa shape index (κ2) is 6.57. The average Bonchev–Trinajstić information content (AvgIpc) is 2.82. The molecular formula is C14H21ClN2O2. The summed E-state index contributed by atoms with van der Waals surface area (Å²) < 4.78 is 11.0. The Morgan fingerprint density at radius 1 is 1.26 bits per heavy atom. The molecule has 1 fully saturated rings. The van der Waals surface area contributed by atoms with E-state index in [1.807, 2.05) is 19.2 Å². The lowest BCUT2D eigenvalue weighted by Crippen LogP contribution is -2.27. The summed E-state index contributed by atoms with van der Waals surface area (Å²) >= 11 is 6.38. The van der Waals surface area contributed by atoms with Crippen molar-refractivity contribution in [1.29, 1.82) is 0 Å². The highest BCUT2D eigenvalue weighted by atomic mass is 35.5. The highest BCUT2D eigenvalue weighted by molar-refractivity contribution is 6.33. The highest BCUT2D eigenvalue weighted by Crippen LogP contribution is 2.33. The lowest BCUT2D eigenvalue weighted by Gasteiger charge is -2.23. The molecule has 1 aliphatic rings. The predicted molar refractivity (Wildman–Crippen MR) is 78.0 cm³/mol. The van der Waals surface area contributed by atoms with E-state index in [9.17, 15) is 0 Å². The Morgan fingerprint density at radius 3 is 2.42 bits per heavy atom. The van der Waals surface area contributed by atoms with E-state index in [-0.39, 0.29) is 12.2 Å². The molecule has 1 aliphatic heterocycles. The molecule has 19 heavy (non-hydrogen) atoms. The average molecular weight is 285 g/mol. The van der Waals surface area contributed by atoms with Gasteiger partial charge in [0, 0.05) is 33.9 Å². The normalized spacial score (nSPS) is 23.1. The van der Waals surface area contributed by atoms with Crippen LogP contribution in [0.5, 0.6) is 0 Å².